The van der Waals surface area contributed by atoms with E-state index in [0.29, 0.717) is 11.0 Å². The van der Waals surface area contributed by atoms with Crippen LogP contribution in [0.3, 0.4) is 0 Å². The number of nitrogens with one attached hydrogen (secondary N) is 1. The smallest absolute Gasteiger partial charge is 0.241 e. The number of likely N-dealkylation sites (N-methyl/N-ethyl adjacent to an activating group) is 1. The van der Waals surface area contributed by atoms with E-state index in [4.69, 9.17) is 0 Å². The molecule has 0 amide bonds. The van der Waals surface area contributed by atoms with E-state index >= 15 is 0 Å². The van der Waals surface area contributed by atoms with Gasteiger partial charge in [-0.2, -0.15) is 0 Å². The molecule has 0 bridgehead atoms. The molecule has 0 aromatic heterocycles. The molecule has 7 nitrogen and oxygen atoms in total. The van der Waals surface area contributed by atoms with E-state index in [1.807, 2.05) is 0 Å². The molecule has 1 aromatic rings. The van der Waals surface area contributed by atoms with E-state index in [2.05, 4.69) is 37.5 Å². The average molecular weight is 468 g/mol. The van der Waals surface area contributed by atoms with Gasteiger partial charge >= 0.3 is 0 Å². The van der Waals surface area contributed by atoms with Crippen molar-refractivity contribution >= 4 is 35.8 Å². The van der Waals surface area contributed by atoms with Gasteiger partial charge in [0.2, 0.25) is 10.0 Å². The Hall–Kier alpha value is -0.520. The zero-order valence-electron chi connectivity index (χ0n) is 15.1. The molecular weight excluding hydrogens is 442 g/mol. The summed E-state index contributed by atoms with van der Waals surface area (Å²) in [5.41, 5.74) is 0. The van der Waals surface area contributed by atoms with Crippen LogP contribution in [-0.4, -0.2) is 79.2 Å². The number of rotatable bonds is 8. The maximum absolute atomic E-state index is 12.5. The summed E-state index contributed by atoms with van der Waals surface area (Å²) in [6, 6.07) is 4.01. The van der Waals surface area contributed by atoms with Crippen LogP contribution in [0.4, 0.5) is 0 Å². The number of hydrogen-bond acceptors (Lipinski definition) is 6. The second-order valence-corrected chi connectivity index (χ2v) is 11.2. The lowest BCUT2D eigenvalue weighted by Crippen LogP contribution is -2.44. The fourth-order valence-electron chi connectivity index (χ4n) is 2.74. The minimum absolute atomic E-state index is 0.0175. The highest BCUT2D eigenvalue weighted by Crippen LogP contribution is 2.25. The van der Waals surface area contributed by atoms with E-state index in [-0.39, 0.29) is 9.79 Å². The van der Waals surface area contributed by atoms with Crippen molar-refractivity contribution in [2.45, 2.75) is 22.6 Å². The molecule has 1 fully saturated rings. The summed E-state index contributed by atoms with van der Waals surface area (Å²) in [4.78, 5) is 4.61. The molecule has 1 aliphatic rings. The van der Waals surface area contributed by atoms with Crippen LogP contribution in [0.2, 0.25) is 0 Å². The van der Waals surface area contributed by atoms with Crippen LogP contribution in [-0.2, 0) is 19.9 Å². The van der Waals surface area contributed by atoms with Crippen LogP contribution in [0.15, 0.2) is 32.5 Å². The number of nitrogens with zero attached hydrogens (tertiary/aromatic N) is 2. The molecule has 0 unspecified atom stereocenters. The van der Waals surface area contributed by atoms with Gasteiger partial charge in [0.15, 0.2) is 9.84 Å². The molecule has 0 radical (unpaired) electrons. The SMILES string of the molecule is CN1CCN(CCCCNS(=O)(=O)c2cc(S(C)(=O)=O)ccc2Br)CC1. The molecule has 1 N–H and O–H groups in total. The first-order valence-corrected chi connectivity index (χ1v) is 12.7. The number of piperazine rings is 1. The van der Waals surface area contributed by atoms with Gasteiger partial charge in [-0.15, -0.1) is 0 Å². The molecule has 148 valence electrons. The van der Waals surface area contributed by atoms with E-state index in [0.717, 1.165) is 51.8 Å². The van der Waals surface area contributed by atoms with Crippen molar-refractivity contribution in [3.63, 3.8) is 0 Å². The largest absolute Gasteiger partial charge is 0.304 e. The second kappa shape index (κ2) is 9.11. The first-order valence-electron chi connectivity index (χ1n) is 8.50. The number of hydrogen-bond donors (Lipinski definition) is 1. The van der Waals surface area contributed by atoms with Crippen molar-refractivity contribution in [3.8, 4) is 0 Å². The normalized spacial score (nSPS) is 17.5. The second-order valence-electron chi connectivity index (χ2n) is 6.61. The molecule has 0 saturated carbocycles. The molecule has 2 rings (SSSR count). The summed E-state index contributed by atoms with van der Waals surface area (Å²) < 4.78 is 51.2. The zero-order valence-corrected chi connectivity index (χ0v) is 18.3. The van der Waals surface area contributed by atoms with Gasteiger partial charge in [-0.25, -0.2) is 21.6 Å². The van der Waals surface area contributed by atoms with Gasteiger partial charge in [-0.1, -0.05) is 0 Å². The zero-order chi connectivity index (χ0) is 19.4. The van der Waals surface area contributed by atoms with Gasteiger partial charge in [0, 0.05) is 43.5 Å². The highest BCUT2D eigenvalue weighted by molar-refractivity contribution is 9.10. The van der Waals surface area contributed by atoms with E-state index < -0.39 is 19.9 Å². The molecule has 1 heterocycles. The predicted octanol–water partition coefficient (Wildman–Crippen LogP) is 1.16. The monoisotopic (exact) mass is 467 g/mol. The van der Waals surface area contributed by atoms with Crippen LogP contribution in [0.5, 0.6) is 0 Å². The fourth-order valence-corrected chi connectivity index (χ4v) is 5.52. The molecule has 26 heavy (non-hydrogen) atoms. The van der Waals surface area contributed by atoms with E-state index in [1.54, 1.807) is 0 Å². The highest BCUT2D eigenvalue weighted by atomic mass is 79.9. The Kier molecular flexibility index (Phi) is 7.63. The van der Waals surface area contributed by atoms with Crippen molar-refractivity contribution in [1.29, 1.82) is 0 Å². The molecule has 1 aromatic carbocycles. The lowest BCUT2D eigenvalue weighted by atomic mass is 10.2. The first-order chi connectivity index (χ1) is 12.1. The molecule has 10 heteroatoms. The Balaban J connectivity index is 1.87. The summed E-state index contributed by atoms with van der Waals surface area (Å²) in [5.74, 6) is 0. The standard InChI is InChI=1S/C16H26BrN3O4S2/c1-19-9-11-20(12-10-19)8-4-3-7-18-26(23,24)16-13-14(25(2,21)22)5-6-15(16)17/h5-6,13,18H,3-4,7-12H2,1-2H3. The molecule has 0 spiro atoms. The van der Waals surface area contributed by atoms with Gasteiger partial charge in [0.25, 0.3) is 0 Å². The predicted molar refractivity (Wildman–Crippen MR) is 106 cm³/mol. The Morgan fingerprint density at radius 2 is 1.73 bits per heavy atom. The molecule has 1 saturated heterocycles. The van der Waals surface area contributed by atoms with Crippen molar-refractivity contribution in [2.24, 2.45) is 0 Å². The van der Waals surface area contributed by atoms with Gasteiger partial charge < -0.3 is 9.80 Å². The number of halogens is 1. The first kappa shape index (κ1) is 21.8. The third-order valence-corrected chi connectivity index (χ3v) is 7.97. The third kappa shape index (κ3) is 6.28. The average Bonchev–Trinajstić information content (AvgIpc) is 2.55. The van der Waals surface area contributed by atoms with Gasteiger partial charge in [0.05, 0.1) is 9.79 Å². The topological polar surface area (TPSA) is 86.8 Å². The van der Waals surface area contributed by atoms with Crippen LogP contribution >= 0.6 is 15.9 Å². The Bertz CT molecular complexity index is 820. The fraction of sp³-hybridized carbons (Fsp3) is 0.625. The summed E-state index contributed by atoms with van der Waals surface area (Å²) >= 11 is 3.19. The van der Waals surface area contributed by atoms with Gasteiger partial charge in [0.1, 0.15) is 0 Å². The minimum Gasteiger partial charge on any atom is -0.304 e. The maximum atomic E-state index is 12.5. The van der Waals surface area contributed by atoms with Crippen molar-refractivity contribution in [3.05, 3.63) is 22.7 Å². The van der Waals surface area contributed by atoms with Crippen LogP contribution < -0.4 is 4.72 Å². The van der Waals surface area contributed by atoms with Crippen LogP contribution in [0.1, 0.15) is 12.8 Å². The summed E-state index contributed by atoms with van der Waals surface area (Å²) in [6.07, 6.45) is 2.70. The Morgan fingerprint density at radius 3 is 2.35 bits per heavy atom. The molecule has 0 atom stereocenters. The van der Waals surface area contributed by atoms with Crippen molar-refractivity contribution in [2.75, 3.05) is 52.6 Å². The van der Waals surface area contributed by atoms with E-state index in [9.17, 15) is 16.8 Å². The molecular formula is C16H26BrN3O4S2. The van der Waals surface area contributed by atoms with Crippen LogP contribution in [0.25, 0.3) is 0 Å². The lowest BCUT2D eigenvalue weighted by molar-refractivity contribution is 0.152. The van der Waals surface area contributed by atoms with Gasteiger partial charge in [-0.05, 0) is 60.6 Å². The quantitative estimate of drug-likeness (QED) is 0.577. The summed E-state index contributed by atoms with van der Waals surface area (Å²) in [7, 11) is -5.12. The minimum atomic E-state index is -3.77. The number of sulfone groups is 1. The van der Waals surface area contributed by atoms with Crippen molar-refractivity contribution in [1.82, 2.24) is 14.5 Å². The lowest BCUT2D eigenvalue weighted by Gasteiger charge is -2.32. The number of benzene rings is 1. The summed E-state index contributed by atoms with van der Waals surface area (Å²) in [5, 5.41) is 0. The number of sulfonamides is 1. The number of unbranched alkanes of at least 4 members (excludes halogenated alkanes) is 1. The molecule has 1 aliphatic heterocycles. The molecule has 0 aliphatic carbocycles. The van der Waals surface area contributed by atoms with Gasteiger partial charge in [-0.3, -0.25) is 0 Å². The summed E-state index contributed by atoms with van der Waals surface area (Å²) in [6.45, 7) is 5.52. The Labute approximate surface area is 164 Å². The van der Waals surface area contributed by atoms with E-state index in [1.165, 1.54) is 18.2 Å². The Morgan fingerprint density at radius 1 is 1.08 bits per heavy atom. The maximum Gasteiger partial charge on any atom is 0.241 e. The highest BCUT2D eigenvalue weighted by Gasteiger charge is 2.20. The van der Waals surface area contributed by atoms with Crippen molar-refractivity contribution < 1.29 is 16.8 Å². The third-order valence-electron chi connectivity index (χ3n) is 4.41. The van der Waals surface area contributed by atoms with Crippen LogP contribution in [0, 0.1) is 0 Å².